The van der Waals surface area contributed by atoms with Crippen LogP contribution >= 0.6 is 12.4 Å². The van der Waals surface area contributed by atoms with Gasteiger partial charge in [0.2, 0.25) is 0 Å². The zero-order valence-electron chi connectivity index (χ0n) is 10.3. The summed E-state index contributed by atoms with van der Waals surface area (Å²) in [7, 11) is 1.81. The summed E-state index contributed by atoms with van der Waals surface area (Å²) in [5, 5.41) is 5.51. The molecule has 1 amide bonds. The highest BCUT2D eigenvalue weighted by atomic mass is 35.5. The molecule has 0 aliphatic heterocycles. The Labute approximate surface area is 111 Å². The zero-order valence-corrected chi connectivity index (χ0v) is 11.2. The molecule has 0 aromatic heterocycles. The number of carbonyl (C=O) groups is 1. The highest BCUT2D eigenvalue weighted by molar-refractivity contribution is 5.94. The van der Waals surface area contributed by atoms with Crippen LogP contribution in [0.5, 0.6) is 0 Å². The lowest BCUT2D eigenvalue weighted by molar-refractivity contribution is 0.0949. The van der Waals surface area contributed by atoms with E-state index in [4.69, 9.17) is 0 Å². The highest BCUT2D eigenvalue weighted by Crippen LogP contribution is 2.13. The molecular formula is C12H17ClF2N2O. The van der Waals surface area contributed by atoms with Crippen molar-refractivity contribution >= 4 is 18.3 Å². The normalized spacial score (nSPS) is 9.78. The summed E-state index contributed by atoms with van der Waals surface area (Å²) in [6, 6.07) is 1.95. The maximum atomic E-state index is 13.3. The number of carbonyl (C=O) groups excluding carboxylic acids is 1. The SMILES string of the molecule is CNCCCNC(=O)c1cc(C)c(F)cc1F.Cl. The number of aryl methyl sites for hydroxylation is 1. The van der Waals surface area contributed by atoms with E-state index in [1.165, 1.54) is 13.0 Å². The van der Waals surface area contributed by atoms with Gasteiger partial charge in [-0.2, -0.15) is 0 Å². The first-order valence-corrected chi connectivity index (χ1v) is 5.44. The summed E-state index contributed by atoms with van der Waals surface area (Å²) < 4.78 is 26.3. The van der Waals surface area contributed by atoms with Crippen LogP contribution in [-0.4, -0.2) is 26.0 Å². The monoisotopic (exact) mass is 278 g/mol. The van der Waals surface area contributed by atoms with Crippen LogP contribution in [0, 0.1) is 18.6 Å². The molecule has 0 atom stereocenters. The van der Waals surface area contributed by atoms with E-state index in [0.717, 1.165) is 19.0 Å². The van der Waals surface area contributed by atoms with Gasteiger partial charge in [0.1, 0.15) is 11.6 Å². The van der Waals surface area contributed by atoms with Gasteiger partial charge in [0.15, 0.2) is 0 Å². The molecule has 0 spiro atoms. The first-order valence-electron chi connectivity index (χ1n) is 5.44. The first-order chi connectivity index (χ1) is 8.06. The summed E-state index contributed by atoms with van der Waals surface area (Å²) in [6.07, 6.45) is 0.754. The van der Waals surface area contributed by atoms with Crippen LogP contribution in [0.4, 0.5) is 8.78 Å². The van der Waals surface area contributed by atoms with Gasteiger partial charge in [-0.15, -0.1) is 12.4 Å². The van der Waals surface area contributed by atoms with Gasteiger partial charge in [-0.25, -0.2) is 8.78 Å². The van der Waals surface area contributed by atoms with Crippen molar-refractivity contribution in [2.75, 3.05) is 20.1 Å². The molecule has 0 bridgehead atoms. The fourth-order valence-corrected chi connectivity index (χ4v) is 1.39. The number of hydrogen-bond donors (Lipinski definition) is 2. The number of hydrogen-bond acceptors (Lipinski definition) is 2. The highest BCUT2D eigenvalue weighted by Gasteiger charge is 2.13. The predicted octanol–water partition coefficient (Wildman–Crippen LogP) is 2.03. The molecule has 0 aliphatic carbocycles. The molecule has 0 saturated carbocycles. The average Bonchev–Trinajstić information content (AvgIpc) is 2.29. The van der Waals surface area contributed by atoms with Gasteiger partial charge in [-0.3, -0.25) is 4.79 Å². The van der Waals surface area contributed by atoms with Gasteiger partial charge in [-0.1, -0.05) is 0 Å². The lowest BCUT2D eigenvalue weighted by Crippen LogP contribution is -2.27. The topological polar surface area (TPSA) is 41.1 Å². The molecule has 0 unspecified atom stereocenters. The molecule has 1 aromatic rings. The van der Waals surface area contributed by atoms with Crippen molar-refractivity contribution < 1.29 is 13.6 Å². The number of nitrogens with one attached hydrogen (secondary N) is 2. The second kappa shape index (κ2) is 8.00. The molecule has 0 fully saturated rings. The number of halogens is 3. The van der Waals surface area contributed by atoms with Crippen LogP contribution in [0.1, 0.15) is 22.3 Å². The van der Waals surface area contributed by atoms with Crippen molar-refractivity contribution in [2.45, 2.75) is 13.3 Å². The lowest BCUT2D eigenvalue weighted by atomic mass is 10.1. The molecule has 0 radical (unpaired) electrons. The third-order valence-electron chi connectivity index (χ3n) is 2.38. The molecular weight excluding hydrogens is 262 g/mol. The average molecular weight is 279 g/mol. The first kappa shape index (κ1) is 16.8. The Balaban J connectivity index is 0.00000289. The molecule has 6 heteroatoms. The Kier molecular flexibility index (Phi) is 7.47. The van der Waals surface area contributed by atoms with Crippen molar-refractivity contribution in [3.63, 3.8) is 0 Å². The van der Waals surface area contributed by atoms with Gasteiger partial charge in [0, 0.05) is 12.6 Å². The Morgan fingerprint density at radius 1 is 1.22 bits per heavy atom. The van der Waals surface area contributed by atoms with Gasteiger partial charge in [0.05, 0.1) is 5.56 Å². The van der Waals surface area contributed by atoms with Crippen molar-refractivity contribution in [1.29, 1.82) is 0 Å². The Morgan fingerprint density at radius 3 is 2.50 bits per heavy atom. The van der Waals surface area contributed by atoms with E-state index in [1.807, 2.05) is 7.05 Å². The summed E-state index contributed by atoms with van der Waals surface area (Å²) in [5.74, 6) is -1.99. The van der Waals surface area contributed by atoms with E-state index in [-0.39, 0.29) is 23.5 Å². The molecule has 102 valence electrons. The minimum Gasteiger partial charge on any atom is -0.352 e. The van der Waals surface area contributed by atoms with Gasteiger partial charge >= 0.3 is 0 Å². The standard InChI is InChI=1S/C12H16F2N2O.ClH/c1-8-6-9(11(14)7-10(8)13)12(17)16-5-3-4-15-2;/h6-7,15H,3-5H2,1-2H3,(H,16,17);1H. The largest absolute Gasteiger partial charge is 0.352 e. The van der Waals surface area contributed by atoms with Gasteiger partial charge in [-0.05, 0) is 38.6 Å². The third kappa shape index (κ3) is 4.58. The molecule has 3 nitrogen and oxygen atoms in total. The summed E-state index contributed by atoms with van der Waals surface area (Å²) in [5.41, 5.74) is 0.139. The molecule has 0 aliphatic rings. The summed E-state index contributed by atoms with van der Waals surface area (Å²) in [4.78, 5) is 11.6. The lowest BCUT2D eigenvalue weighted by Gasteiger charge is -2.07. The Bertz CT molecular complexity index is 413. The minimum absolute atomic E-state index is 0. The molecule has 1 rings (SSSR count). The van der Waals surface area contributed by atoms with E-state index in [9.17, 15) is 13.6 Å². The van der Waals surface area contributed by atoms with Gasteiger partial charge < -0.3 is 10.6 Å². The fourth-order valence-electron chi connectivity index (χ4n) is 1.39. The third-order valence-corrected chi connectivity index (χ3v) is 2.38. The van der Waals surface area contributed by atoms with E-state index < -0.39 is 17.5 Å². The molecule has 0 heterocycles. The van der Waals surface area contributed by atoms with Crippen LogP contribution < -0.4 is 10.6 Å². The number of rotatable bonds is 5. The Morgan fingerprint density at radius 2 is 1.89 bits per heavy atom. The van der Waals surface area contributed by atoms with Crippen LogP contribution in [0.15, 0.2) is 12.1 Å². The van der Waals surface area contributed by atoms with E-state index in [2.05, 4.69) is 10.6 Å². The molecule has 1 aromatic carbocycles. The number of benzene rings is 1. The summed E-state index contributed by atoms with van der Waals surface area (Å²) >= 11 is 0. The van der Waals surface area contributed by atoms with E-state index >= 15 is 0 Å². The van der Waals surface area contributed by atoms with Crippen LogP contribution in [0.25, 0.3) is 0 Å². The predicted molar refractivity (Wildman–Crippen MR) is 69.2 cm³/mol. The second-order valence-electron chi connectivity index (χ2n) is 3.79. The molecule has 0 saturated heterocycles. The van der Waals surface area contributed by atoms with Crippen molar-refractivity contribution in [3.05, 3.63) is 34.9 Å². The smallest absolute Gasteiger partial charge is 0.254 e. The van der Waals surface area contributed by atoms with Gasteiger partial charge in [0.25, 0.3) is 5.91 Å². The van der Waals surface area contributed by atoms with E-state index in [0.29, 0.717) is 6.54 Å². The maximum absolute atomic E-state index is 13.3. The van der Waals surface area contributed by atoms with Crippen molar-refractivity contribution in [2.24, 2.45) is 0 Å². The van der Waals surface area contributed by atoms with Crippen molar-refractivity contribution in [3.8, 4) is 0 Å². The fraction of sp³-hybridized carbons (Fsp3) is 0.417. The Hall–Kier alpha value is -1.20. The number of amides is 1. The zero-order chi connectivity index (χ0) is 12.8. The van der Waals surface area contributed by atoms with Crippen LogP contribution in [0.3, 0.4) is 0 Å². The van der Waals surface area contributed by atoms with E-state index in [1.54, 1.807) is 0 Å². The molecule has 2 N–H and O–H groups in total. The quantitative estimate of drug-likeness (QED) is 0.809. The second-order valence-corrected chi connectivity index (χ2v) is 3.79. The van der Waals surface area contributed by atoms with Crippen molar-refractivity contribution in [1.82, 2.24) is 10.6 Å². The van der Waals surface area contributed by atoms with Crippen LogP contribution in [-0.2, 0) is 0 Å². The molecule has 18 heavy (non-hydrogen) atoms. The minimum atomic E-state index is -0.834. The van der Waals surface area contributed by atoms with Crippen LogP contribution in [0.2, 0.25) is 0 Å². The summed E-state index contributed by atoms with van der Waals surface area (Å²) in [6.45, 7) is 2.72. The maximum Gasteiger partial charge on any atom is 0.254 e.